The predicted molar refractivity (Wildman–Crippen MR) is 112 cm³/mol. The molecule has 5 nitrogen and oxygen atoms in total. The zero-order chi connectivity index (χ0) is 19.8. The fourth-order valence-corrected chi connectivity index (χ4v) is 4.31. The average Bonchev–Trinajstić information content (AvgIpc) is 2.74. The molecule has 1 saturated carbocycles. The van der Waals surface area contributed by atoms with Crippen LogP contribution in [0.2, 0.25) is 0 Å². The number of carbonyl (C=O) groups excluding carboxylic acids is 2. The largest absolute Gasteiger partial charge is 0.353 e. The molecule has 1 aromatic rings. The van der Waals surface area contributed by atoms with E-state index in [0.29, 0.717) is 13.1 Å². The van der Waals surface area contributed by atoms with Crippen LogP contribution in [-0.2, 0) is 11.2 Å². The SMILES string of the molecule is CC(CCc1ccccc1)NC(=O)N1CCC(NC(=O)C2CCCCC2)CC1. The minimum absolute atomic E-state index is 0.0256. The second-order valence-electron chi connectivity index (χ2n) is 8.48. The van der Waals surface area contributed by atoms with Crippen molar-refractivity contribution in [2.75, 3.05) is 13.1 Å². The van der Waals surface area contributed by atoms with Crippen LogP contribution in [0.3, 0.4) is 0 Å². The van der Waals surface area contributed by atoms with Crippen molar-refractivity contribution in [1.82, 2.24) is 15.5 Å². The van der Waals surface area contributed by atoms with Crippen LogP contribution < -0.4 is 10.6 Å². The van der Waals surface area contributed by atoms with Crippen molar-refractivity contribution >= 4 is 11.9 Å². The summed E-state index contributed by atoms with van der Waals surface area (Å²) in [6, 6.07) is 10.8. The number of amides is 3. The molecular weight excluding hydrogens is 350 g/mol. The number of nitrogens with one attached hydrogen (secondary N) is 2. The minimum atomic E-state index is 0.0256. The van der Waals surface area contributed by atoms with Gasteiger partial charge < -0.3 is 15.5 Å². The van der Waals surface area contributed by atoms with E-state index in [0.717, 1.165) is 38.5 Å². The number of hydrogen-bond acceptors (Lipinski definition) is 2. The Labute approximate surface area is 169 Å². The zero-order valence-electron chi connectivity index (χ0n) is 17.2. The summed E-state index contributed by atoms with van der Waals surface area (Å²) in [4.78, 5) is 26.8. The normalized spacial score (nSPS) is 19.8. The van der Waals surface area contributed by atoms with Gasteiger partial charge in [0.05, 0.1) is 0 Å². The number of urea groups is 1. The highest BCUT2D eigenvalue weighted by atomic mass is 16.2. The van der Waals surface area contributed by atoms with Crippen molar-refractivity contribution in [3.63, 3.8) is 0 Å². The molecule has 3 rings (SSSR count). The smallest absolute Gasteiger partial charge is 0.317 e. The van der Waals surface area contributed by atoms with Crippen LogP contribution in [0.4, 0.5) is 4.79 Å². The quantitative estimate of drug-likeness (QED) is 0.781. The lowest BCUT2D eigenvalue weighted by molar-refractivity contribution is -0.126. The Morgan fingerprint density at radius 3 is 2.39 bits per heavy atom. The number of carbonyl (C=O) groups is 2. The maximum absolute atomic E-state index is 12.5. The first-order chi connectivity index (χ1) is 13.6. The molecule has 5 heteroatoms. The van der Waals surface area contributed by atoms with Crippen LogP contribution in [0.25, 0.3) is 0 Å². The van der Waals surface area contributed by atoms with Gasteiger partial charge in [0.25, 0.3) is 0 Å². The van der Waals surface area contributed by atoms with E-state index in [-0.39, 0.29) is 29.9 Å². The molecule has 1 aliphatic carbocycles. The summed E-state index contributed by atoms with van der Waals surface area (Å²) >= 11 is 0. The van der Waals surface area contributed by atoms with E-state index in [1.165, 1.54) is 24.8 Å². The van der Waals surface area contributed by atoms with Crippen molar-refractivity contribution in [2.24, 2.45) is 5.92 Å². The molecule has 0 aromatic heterocycles. The lowest BCUT2D eigenvalue weighted by Crippen LogP contribution is -2.51. The first kappa shape index (κ1) is 20.7. The van der Waals surface area contributed by atoms with E-state index < -0.39 is 0 Å². The molecule has 0 radical (unpaired) electrons. The van der Waals surface area contributed by atoms with E-state index in [2.05, 4.69) is 41.8 Å². The summed E-state index contributed by atoms with van der Waals surface area (Å²) in [5, 5.41) is 6.36. The number of nitrogens with zero attached hydrogens (tertiary/aromatic N) is 1. The van der Waals surface area contributed by atoms with Gasteiger partial charge in [0, 0.05) is 31.1 Å². The van der Waals surface area contributed by atoms with Gasteiger partial charge in [-0.2, -0.15) is 0 Å². The van der Waals surface area contributed by atoms with Crippen LogP contribution in [-0.4, -0.2) is 42.0 Å². The number of piperidine rings is 1. The molecule has 1 unspecified atom stereocenters. The molecule has 1 aromatic carbocycles. The van der Waals surface area contributed by atoms with Crippen molar-refractivity contribution < 1.29 is 9.59 Å². The van der Waals surface area contributed by atoms with Gasteiger partial charge in [0.2, 0.25) is 5.91 Å². The Morgan fingerprint density at radius 1 is 1.04 bits per heavy atom. The third-order valence-corrected chi connectivity index (χ3v) is 6.18. The molecule has 2 aliphatic rings. The van der Waals surface area contributed by atoms with Crippen LogP contribution in [0, 0.1) is 5.92 Å². The maximum atomic E-state index is 12.5. The summed E-state index contributed by atoms with van der Waals surface area (Å²) in [5.74, 6) is 0.442. The minimum Gasteiger partial charge on any atom is -0.353 e. The molecule has 1 heterocycles. The van der Waals surface area contributed by atoms with Crippen LogP contribution in [0.15, 0.2) is 30.3 Å². The molecule has 154 valence electrons. The number of aryl methyl sites for hydroxylation is 1. The highest BCUT2D eigenvalue weighted by Gasteiger charge is 2.27. The fourth-order valence-electron chi connectivity index (χ4n) is 4.31. The fraction of sp³-hybridized carbons (Fsp3) is 0.652. The van der Waals surface area contributed by atoms with E-state index in [9.17, 15) is 9.59 Å². The van der Waals surface area contributed by atoms with Gasteiger partial charge in [0.1, 0.15) is 0 Å². The lowest BCUT2D eigenvalue weighted by Gasteiger charge is -2.34. The monoisotopic (exact) mass is 385 g/mol. The first-order valence-electron chi connectivity index (χ1n) is 11.0. The van der Waals surface area contributed by atoms with Gasteiger partial charge in [-0.1, -0.05) is 49.6 Å². The third kappa shape index (κ3) is 6.25. The summed E-state index contributed by atoms with van der Waals surface area (Å²) in [5.41, 5.74) is 1.30. The molecule has 1 aliphatic heterocycles. The third-order valence-electron chi connectivity index (χ3n) is 6.18. The van der Waals surface area contributed by atoms with Gasteiger partial charge in [-0.25, -0.2) is 4.79 Å². The van der Waals surface area contributed by atoms with Crippen LogP contribution in [0.1, 0.15) is 63.9 Å². The molecule has 2 fully saturated rings. The number of hydrogen-bond donors (Lipinski definition) is 2. The predicted octanol–water partition coefficient (Wildman–Crippen LogP) is 3.88. The molecular formula is C23H35N3O2. The Kier molecular flexibility index (Phi) is 7.75. The first-order valence-corrected chi connectivity index (χ1v) is 11.0. The highest BCUT2D eigenvalue weighted by molar-refractivity contribution is 5.79. The molecule has 1 saturated heterocycles. The summed E-state index contributed by atoms with van der Waals surface area (Å²) in [6.07, 6.45) is 9.30. The Bertz CT molecular complexity index is 620. The lowest BCUT2D eigenvalue weighted by atomic mass is 9.88. The number of benzene rings is 1. The van der Waals surface area contributed by atoms with Crippen LogP contribution >= 0.6 is 0 Å². The van der Waals surface area contributed by atoms with Crippen molar-refractivity contribution in [2.45, 2.75) is 76.8 Å². The van der Waals surface area contributed by atoms with Gasteiger partial charge in [-0.3, -0.25) is 4.79 Å². The van der Waals surface area contributed by atoms with Gasteiger partial charge >= 0.3 is 6.03 Å². The molecule has 0 spiro atoms. The average molecular weight is 386 g/mol. The zero-order valence-corrected chi connectivity index (χ0v) is 17.2. The summed E-state index contributed by atoms with van der Waals surface area (Å²) < 4.78 is 0. The van der Waals surface area contributed by atoms with Gasteiger partial charge in [-0.05, 0) is 51.0 Å². The molecule has 2 N–H and O–H groups in total. The summed E-state index contributed by atoms with van der Waals surface area (Å²) in [6.45, 7) is 3.50. The highest BCUT2D eigenvalue weighted by Crippen LogP contribution is 2.24. The van der Waals surface area contributed by atoms with E-state index in [4.69, 9.17) is 0 Å². The summed E-state index contributed by atoms with van der Waals surface area (Å²) in [7, 11) is 0. The Morgan fingerprint density at radius 2 is 1.71 bits per heavy atom. The maximum Gasteiger partial charge on any atom is 0.317 e. The molecule has 0 bridgehead atoms. The standard InChI is InChI=1S/C23H35N3O2/c1-18(12-13-19-8-4-2-5-9-19)24-23(28)26-16-14-21(15-17-26)25-22(27)20-10-6-3-7-11-20/h2,4-5,8-9,18,20-21H,3,6-7,10-17H2,1H3,(H,24,28)(H,25,27). The van der Waals surface area contributed by atoms with Crippen molar-refractivity contribution in [3.05, 3.63) is 35.9 Å². The van der Waals surface area contributed by atoms with E-state index in [1.54, 1.807) is 0 Å². The second kappa shape index (κ2) is 10.5. The topological polar surface area (TPSA) is 61.4 Å². The second-order valence-corrected chi connectivity index (χ2v) is 8.48. The van der Waals surface area contributed by atoms with Gasteiger partial charge in [0.15, 0.2) is 0 Å². The van der Waals surface area contributed by atoms with E-state index >= 15 is 0 Å². The van der Waals surface area contributed by atoms with Crippen molar-refractivity contribution in [3.8, 4) is 0 Å². The molecule has 3 amide bonds. The Balaban J connectivity index is 1.34. The number of likely N-dealkylation sites (tertiary alicyclic amines) is 1. The van der Waals surface area contributed by atoms with Gasteiger partial charge in [-0.15, -0.1) is 0 Å². The number of rotatable bonds is 6. The molecule has 28 heavy (non-hydrogen) atoms. The van der Waals surface area contributed by atoms with Crippen LogP contribution in [0.5, 0.6) is 0 Å². The van der Waals surface area contributed by atoms with Crippen molar-refractivity contribution in [1.29, 1.82) is 0 Å². The molecule has 1 atom stereocenters. The Hall–Kier alpha value is -2.04. The van der Waals surface area contributed by atoms with E-state index in [1.807, 2.05) is 11.0 Å².